The van der Waals surface area contributed by atoms with Crippen LogP contribution in [0.25, 0.3) is 0 Å². The van der Waals surface area contributed by atoms with Crippen molar-refractivity contribution >= 4 is 0 Å². The van der Waals surface area contributed by atoms with Gasteiger partial charge in [-0.15, -0.1) is 0 Å². The SMILES string of the molecule is CCCCC(CCC)CCC(F)F. The molecule has 0 rings (SSSR count). The van der Waals surface area contributed by atoms with Gasteiger partial charge in [-0.25, -0.2) is 8.78 Å². The summed E-state index contributed by atoms with van der Waals surface area (Å²) in [5.74, 6) is 0.541. The van der Waals surface area contributed by atoms with Crippen LogP contribution < -0.4 is 0 Å². The molecule has 0 spiro atoms. The van der Waals surface area contributed by atoms with Gasteiger partial charge in [0.05, 0.1) is 0 Å². The van der Waals surface area contributed by atoms with Gasteiger partial charge in [0, 0.05) is 6.42 Å². The van der Waals surface area contributed by atoms with E-state index in [0.29, 0.717) is 12.3 Å². The van der Waals surface area contributed by atoms with Crippen molar-refractivity contribution < 1.29 is 8.78 Å². The number of unbranched alkanes of at least 4 members (excludes halogenated alkanes) is 1. The predicted octanol–water partition coefficient (Wildman–Crippen LogP) is 4.64. The third-order valence-corrected chi connectivity index (χ3v) is 2.46. The van der Waals surface area contributed by atoms with Crippen LogP contribution in [0.2, 0.25) is 0 Å². The van der Waals surface area contributed by atoms with Crippen molar-refractivity contribution in [1.82, 2.24) is 0 Å². The largest absolute Gasteiger partial charge is 0.238 e. The Morgan fingerprint density at radius 2 is 1.54 bits per heavy atom. The number of hydrogen-bond donors (Lipinski definition) is 0. The summed E-state index contributed by atoms with van der Waals surface area (Å²) in [6.07, 6.45) is 4.44. The Morgan fingerprint density at radius 3 is 2.00 bits per heavy atom. The Morgan fingerprint density at radius 1 is 0.846 bits per heavy atom. The van der Waals surface area contributed by atoms with E-state index in [0.717, 1.165) is 19.3 Å². The molecule has 80 valence electrons. The fraction of sp³-hybridized carbons (Fsp3) is 1.00. The van der Waals surface area contributed by atoms with Gasteiger partial charge in [0.15, 0.2) is 0 Å². The average Bonchev–Trinajstić information content (AvgIpc) is 2.09. The van der Waals surface area contributed by atoms with Crippen molar-refractivity contribution in [3.05, 3.63) is 0 Å². The summed E-state index contributed by atoms with van der Waals surface area (Å²) in [5.41, 5.74) is 0. The van der Waals surface area contributed by atoms with Crippen LogP contribution in [0.5, 0.6) is 0 Å². The molecule has 0 saturated heterocycles. The maximum Gasteiger partial charge on any atom is 0.238 e. The van der Waals surface area contributed by atoms with Gasteiger partial charge >= 0.3 is 0 Å². The zero-order chi connectivity index (χ0) is 10.1. The van der Waals surface area contributed by atoms with Crippen LogP contribution in [-0.4, -0.2) is 6.43 Å². The average molecular weight is 192 g/mol. The van der Waals surface area contributed by atoms with Crippen LogP contribution >= 0.6 is 0 Å². The number of halogens is 2. The number of alkyl halides is 2. The molecule has 0 aromatic rings. The molecule has 0 N–H and O–H groups in total. The molecule has 0 bridgehead atoms. The summed E-state index contributed by atoms with van der Waals surface area (Å²) < 4.78 is 23.9. The molecule has 0 aromatic heterocycles. The van der Waals surface area contributed by atoms with Gasteiger partial charge in [-0.1, -0.05) is 46.0 Å². The van der Waals surface area contributed by atoms with Gasteiger partial charge < -0.3 is 0 Å². The van der Waals surface area contributed by atoms with Crippen LogP contribution in [0.4, 0.5) is 8.78 Å². The smallest absolute Gasteiger partial charge is 0.211 e. The van der Waals surface area contributed by atoms with Crippen LogP contribution in [0.3, 0.4) is 0 Å². The van der Waals surface area contributed by atoms with E-state index in [-0.39, 0.29) is 6.42 Å². The third-order valence-electron chi connectivity index (χ3n) is 2.46. The minimum Gasteiger partial charge on any atom is -0.211 e. The van der Waals surface area contributed by atoms with Gasteiger partial charge in [0.2, 0.25) is 6.43 Å². The molecule has 0 radical (unpaired) electrons. The van der Waals surface area contributed by atoms with Gasteiger partial charge in [0.25, 0.3) is 0 Å². The third kappa shape index (κ3) is 8.20. The van der Waals surface area contributed by atoms with E-state index in [2.05, 4.69) is 13.8 Å². The van der Waals surface area contributed by atoms with Crippen LogP contribution in [0.1, 0.15) is 58.8 Å². The molecule has 0 nitrogen and oxygen atoms in total. The van der Waals surface area contributed by atoms with Crippen molar-refractivity contribution in [2.24, 2.45) is 5.92 Å². The molecule has 13 heavy (non-hydrogen) atoms. The lowest BCUT2D eigenvalue weighted by atomic mass is 9.92. The summed E-state index contributed by atoms with van der Waals surface area (Å²) >= 11 is 0. The highest BCUT2D eigenvalue weighted by atomic mass is 19.3. The molecule has 1 unspecified atom stereocenters. The molecule has 0 aliphatic rings. The summed E-state index contributed by atoms with van der Waals surface area (Å²) in [7, 11) is 0. The van der Waals surface area contributed by atoms with E-state index >= 15 is 0 Å². The normalized spacial score (nSPS) is 13.6. The maximum absolute atomic E-state index is 12.0. The molecule has 0 aliphatic heterocycles. The second-order valence-electron chi connectivity index (χ2n) is 3.77. The summed E-state index contributed by atoms with van der Waals surface area (Å²) in [5, 5.41) is 0. The van der Waals surface area contributed by atoms with Crippen LogP contribution in [-0.2, 0) is 0 Å². The van der Waals surface area contributed by atoms with Crippen molar-refractivity contribution in [2.75, 3.05) is 0 Å². The zero-order valence-corrected chi connectivity index (χ0v) is 8.86. The molecule has 0 heterocycles. The lowest BCUT2D eigenvalue weighted by molar-refractivity contribution is 0.125. The molecular weight excluding hydrogens is 170 g/mol. The number of rotatable bonds is 8. The first-order valence-corrected chi connectivity index (χ1v) is 5.48. The van der Waals surface area contributed by atoms with Crippen molar-refractivity contribution in [2.45, 2.75) is 65.2 Å². The maximum atomic E-state index is 12.0. The Labute approximate surface area is 80.7 Å². The van der Waals surface area contributed by atoms with E-state index < -0.39 is 6.43 Å². The van der Waals surface area contributed by atoms with Crippen molar-refractivity contribution in [1.29, 1.82) is 0 Å². The molecule has 1 atom stereocenters. The monoisotopic (exact) mass is 192 g/mol. The Hall–Kier alpha value is -0.140. The fourth-order valence-electron chi connectivity index (χ4n) is 1.70. The van der Waals surface area contributed by atoms with E-state index in [4.69, 9.17) is 0 Å². The van der Waals surface area contributed by atoms with E-state index in [1.807, 2.05) is 0 Å². The minimum absolute atomic E-state index is 0.0916. The Balaban J connectivity index is 3.53. The first-order chi connectivity index (χ1) is 6.20. The van der Waals surface area contributed by atoms with E-state index in [9.17, 15) is 8.78 Å². The first-order valence-electron chi connectivity index (χ1n) is 5.48. The van der Waals surface area contributed by atoms with Crippen LogP contribution in [0, 0.1) is 5.92 Å². The van der Waals surface area contributed by atoms with Gasteiger partial charge in [-0.2, -0.15) is 0 Å². The van der Waals surface area contributed by atoms with Crippen LogP contribution in [0.15, 0.2) is 0 Å². The van der Waals surface area contributed by atoms with E-state index in [1.54, 1.807) is 0 Å². The highest BCUT2D eigenvalue weighted by Gasteiger charge is 2.10. The van der Waals surface area contributed by atoms with Crippen molar-refractivity contribution in [3.8, 4) is 0 Å². The quantitative estimate of drug-likeness (QED) is 0.525. The lowest BCUT2D eigenvalue weighted by Crippen LogP contribution is -2.03. The molecule has 0 fully saturated rings. The highest BCUT2D eigenvalue weighted by Crippen LogP contribution is 2.22. The summed E-state index contributed by atoms with van der Waals surface area (Å²) in [6.45, 7) is 4.28. The summed E-state index contributed by atoms with van der Waals surface area (Å²) in [4.78, 5) is 0. The molecule has 0 saturated carbocycles. The first kappa shape index (κ1) is 12.9. The predicted molar refractivity (Wildman–Crippen MR) is 53.2 cm³/mol. The van der Waals surface area contributed by atoms with Gasteiger partial charge in [-0.3, -0.25) is 0 Å². The Bertz CT molecular complexity index is 102. The molecule has 2 heteroatoms. The fourth-order valence-corrected chi connectivity index (χ4v) is 1.70. The zero-order valence-electron chi connectivity index (χ0n) is 8.86. The highest BCUT2D eigenvalue weighted by molar-refractivity contribution is 4.59. The lowest BCUT2D eigenvalue weighted by Gasteiger charge is -2.14. The van der Waals surface area contributed by atoms with Gasteiger partial charge in [-0.05, 0) is 12.3 Å². The standard InChI is InChI=1S/C11H22F2/c1-3-5-7-10(6-4-2)8-9-11(12)13/h10-11H,3-9H2,1-2H3. The molecule has 0 aliphatic carbocycles. The van der Waals surface area contributed by atoms with Crippen molar-refractivity contribution in [3.63, 3.8) is 0 Å². The van der Waals surface area contributed by atoms with E-state index in [1.165, 1.54) is 12.8 Å². The minimum atomic E-state index is -2.11. The second kappa shape index (κ2) is 8.46. The Kier molecular flexibility index (Phi) is 8.37. The topological polar surface area (TPSA) is 0 Å². The molecule has 0 amide bonds. The summed E-state index contributed by atoms with van der Waals surface area (Å²) in [6, 6.07) is 0. The second-order valence-corrected chi connectivity index (χ2v) is 3.77. The molecule has 0 aromatic carbocycles. The molecular formula is C11H22F2. The number of hydrogen-bond acceptors (Lipinski definition) is 0. The van der Waals surface area contributed by atoms with Gasteiger partial charge in [0.1, 0.15) is 0 Å².